The second-order valence-corrected chi connectivity index (χ2v) is 4.43. The minimum atomic E-state index is -0.723. The van der Waals surface area contributed by atoms with Crippen molar-refractivity contribution in [1.29, 1.82) is 0 Å². The summed E-state index contributed by atoms with van der Waals surface area (Å²) in [6.07, 6.45) is 5.39. The number of carbonyl (C=O) groups is 2. The Morgan fingerprint density at radius 1 is 1.19 bits per heavy atom. The van der Waals surface area contributed by atoms with Crippen molar-refractivity contribution >= 4 is 11.7 Å². The zero-order valence-corrected chi connectivity index (χ0v) is 10.4. The molecule has 0 saturated heterocycles. The molecule has 4 N–H and O–H groups in total. The molecule has 0 aromatic rings. The number of rotatable bonds is 9. The van der Waals surface area contributed by atoms with Crippen LogP contribution in [0.2, 0.25) is 0 Å². The molecule has 0 aliphatic rings. The van der Waals surface area contributed by atoms with Gasteiger partial charge in [0.15, 0.2) is 5.78 Å². The molecule has 0 aliphatic carbocycles. The van der Waals surface area contributed by atoms with E-state index in [9.17, 15) is 9.59 Å². The van der Waals surface area contributed by atoms with Crippen LogP contribution in [0.3, 0.4) is 0 Å². The Morgan fingerprint density at radius 2 is 1.81 bits per heavy atom. The first-order valence-corrected chi connectivity index (χ1v) is 6.06. The van der Waals surface area contributed by atoms with E-state index in [0.717, 1.165) is 19.3 Å². The third-order valence-electron chi connectivity index (χ3n) is 2.76. The maximum absolute atomic E-state index is 11.7. The van der Waals surface area contributed by atoms with Crippen molar-refractivity contribution in [2.24, 2.45) is 17.4 Å². The van der Waals surface area contributed by atoms with E-state index in [4.69, 9.17) is 11.5 Å². The number of carbonyl (C=O) groups excluding carboxylic acids is 2. The second kappa shape index (κ2) is 8.28. The molecule has 0 radical (unpaired) electrons. The molecule has 0 aromatic carbocycles. The van der Waals surface area contributed by atoms with E-state index in [0.29, 0.717) is 0 Å². The molecule has 4 nitrogen and oxygen atoms in total. The first kappa shape index (κ1) is 15.1. The molecular weight excluding hydrogens is 204 g/mol. The van der Waals surface area contributed by atoms with Gasteiger partial charge in [0.1, 0.15) is 0 Å². The van der Waals surface area contributed by atoms with Gasteiger partial charge in [0, 0.05) is 12.3 Å². The molecule has 4 heteroatoms. The highest BCUT2D eigenvalue weighted by molar-refractivity contribution is 5.90. The number of ketones is 1. The number of nitrogens with two attached hydrogens (primary N) is 2. The molecule has 0 aromatic heterocycles. The highest BCUT2D eigenvalue weighted by atomic mass is 16.1. The van der Waals surface area contributed by atoms with Crippen LogP contribution in [0.4, 0.5) is 0 Å². The van der Waals surface area contributed by atoms with Crippen LogP contribution in [0.1, 0.15) is 52.4 Å². The maximum atomic E-state index is 11.7. The molecule has 1 unspecified atom stereocenters. The van der Waals surface area contributed by atoms with Gasteiger partial charge in [-0.3, -0.25) is 9.59 Å². The van der Waals surface area contributed by atoms with Crippen molar-refractivity contribution in [1.82, 2.24) is 0 Å². The van der Waals surface area contributed by atoms with Gasteiger partial charge in [0.2, 0.25) is 5.91 Å². The van der Waals surface area contributed by atoms with Crippen molar-refractivity contribution in [2.75, 3.05) is 0 Å². The zero-order valence-electron chi connectivity index (χ0n) is 10.4. The Balaban J connectivity index is 3.84. The van der Waals surface area contributed by atoms with Crippen LogP contribution in [0.25, 0.3) is 0 Å². The van der Waals surface area contributed by atoms with Crippen LogP contribution in [-0.4, -0.2) is 17.7 Å². The Bertz CT molecular complexity index is 229. The predicted octanol–water partition coefficient (Wildman–Crippen LogP) is 1.36. The fourth-order valence-electron chi connectivity index (χ4n) is 1.70. The summed E-state index contributed by atoms with van der Waals surface area (Å²) in [6, 6.07) is -0.723. The minimum absolute atomic E-state index is 0.0435. The van der Waals surface area contributed by atoms with Gasteiger partial charge in [-0.15, -0.1) is 0 Å². The number of unbranched alkanes of at least 4 members (excludes halogenated alkanes) is 3. The van der Waals surface area contributed by atoms with Crippen molar-refractivity contribution in [3.8, 4) is 0 Å². The van der Waals surface area contributed by atoms with E-state index in [1.165, 1.54) is 12.8 Å². The minimum Gasteiger partial charge on any atom is -0.370 e. The van der Waals surface area contributed by atoms with Crippen molar-refractivity contribution in [3.05, 3.63) is 0 Å². The van der Waals surface area contributed by atoms with Gasteiger partial charge < -0.3 is 11.5 Å². The van der Waals surface area contributed by atoms with Gasteiger partial charge >= 0.3 is 0 Å². The largest absolute Gasteiger partial charge is 0.370 e. The average molecular weight is 228 g/mol. The third-order valence-corrected chi connectivity index (χ3v) is 2.76. The van der Waals surface area contributed by atoms with Crippen LogP contribution >= 0.6 is 0 Å². The molecule has 16 heavy (non-hydrogen) atoms. The summed E-state index contributed by atoms with van der Waals surface area (Å²) in [5.41, 5.74) is 10.6. The maximum Gasteiger partial charge on any atom is 0.219 e. The summed E-state index contributed by atoms with van der Waals surface area (Å²) < 4.78 is 0. The molecular formula is C12H24N2O2. The summed E-state index contributed by atoms with van der Waals surface area (Å²) in [4.78, 5) is 22.3. The lowest BCUT2D eigenvalue weighted by molar-refractivity contribution is -0.127. The highest BCUT2D eigenvalue weighted by Gasteiger charge is 2.21. The molecule has 0 aliphatic heterocycles. The van der Waals surface area contributed by atoms with Crippen LogP contribution < -0.4 is 11.5 Å². The molecule has 0 bridgehead atoms. The van der Waals surface area contributed by atoms with Crippen LogP contribution in [-0.2, 0) is 9.59 Å². The lowest BCUT2D eigenvalue weighted by Gasteiger charge is -2.14. The first-order valence-electron chi connectivity index (χ1n) is 6.06. The number of Topliss-reactive ketones (excluding diaryl/α,β-unsaturated/α-hetero) is 1. The summed E-state index contributed by atoms with van der Waals surface area (Å²) in [5, 5.41) is 0. The molecule has 0 spiro atoms. The molecule has 0 rings (SSSR count). The zero-order chi connectivity index (χ0) is 12.6. The average Bonchev–Trinajstić information content (AvgIpc) is 2.22. The number of hydrogen-bond acceptors (Lipinski definition) is 3. The Kier molecular flexibility index (Phi) is 7.81. The summed E-state index contributed by atoms with van der Waals surface area (Å²) >= 11 is 0. The van der Waals surface area contributed by atoms with Crippen LogP contribution in [0, 0.1) is 5.92 Å². The van der Waals surface area contributed by atoms with Gasteiger partial charge in [-0.1, -0.05) is 39.5 Å². The van der Waals surface area contributed by atoms with Gasteiger partial charge in [0.05, 0.1) is 6.04 Å². The topological polar surface area (TPSA) is 86.2 Å². The summed E-state index contributed by atoms with van der Waals surface area (Å²) in [6.45, 7) is 4.02. The monoisotopic (exact) mass is 228 g/mol. The Morgan fingerprint density at radius 3 is 2.31 bits per heavy atom. The fourth-order valence-corrected chi connectivity index (χ4v) is 1.70. The first-order chi connectivity index (χ1) is 7.49. The molecule has 2 atom stereocenters. The molecule has 1 amide bonds. The molecule has 0 saturated carbocycles. The standard InChI is InChI=1S/C12H24N2O2/c1-3-4-5-6-7-9(2)12(16)10(13)8-11(14)15/h9-10H,3-8,13H2,1-2H3,(H2,14,15)/t9?,10-/m0/s1. The Labute approximate surface area is 97.8 Å². The highest BCUT2D eigenvalue weighted by Crippen LogP contribution is 2.13. The van der Waals surface area contributed by atoms with Crippen LogP contribution in [0.15, 0.2) is 0 Å². The third kappa shape index (κ3) is 6.56. The smallest absolute Gasteiger partial charge is 0.219 e. The van der Waals surface area contributed by atoms with Crippen LogP contribution in [0.5, 0.6) is 0 Å². The van der Waals surface area contributed by atoms with E-state index in [1.807, 2.05) is 6.92 Å². The van der Waals surface area contributed by atoms with Gasteiger partial charge in [-0.25, -0.2) is 0 Å². The van der Waals surface area contributed by atoms with E-state index >= 15 is 0 Å². The van der Waals surface area contributed by atoms with Gasteiger partial charge in [-0.2, -0.15) is 0 Å². The predicted molar refractivity (Wildman–Crippen MR) is 64.7 cm³/mol. The lowest BCUT2D eigenvalue weighted by atomic mass is 9.93. The van der Waals surface area contributed by atoms with E-state index in [2.05, 4.69) is 6.92 Å². The molecule has 94 valence electrons. The van der Waals surface area contributed by atoms with Crippen molar-refractivity contribution in [2.45, 2.75) is 58.4 Å². The van der Waals surface area contributed by atoms with Gasteiger partial charge in [0.25, 0.3) is 0 Å². The Hall–Kier alpha value is -0.900. The summed E-state index contributed by atoms with van der Waals surface area (Å²) in [5.74, 6) is -0.625. The van der Waals surface area contributed by atoms with E-state index < -0.39 is 11.9 Å². The normalized spacial score (nSPS) is 14.4. The number of primary amides is 1. The summed E-state index contributed by atoms with van der Waals surface area (Å²) in [7, 11) is 0. The van der Waals surface area contributed by atoms with Gasteiger partial charge in [-0.05, 0) is 6.42 Å². The van der Waals surface area contributed by atoms with Crippen molar-refractivity contribution in [3.63, 3.8) is 0 Å². The number of hydrogen-bond donors (Lipinski definition) is 2. The second-order valence-electron chi connectivity index (χ2n) is 4.43. The van der Waals surface area contributed by atoms with Crippen molar-refractivity contribution < 1.29 is 9.59 Å². The van der Waals surface area contributed by atoms with E-state index in [1.54, 1.807) is 0 Å². The SMILES string of the molecule is CCCCCCC(C)C(=O)[C@@H](N)CC(N)=O. The lowest BCUT2D eigenvalue weighted by Crippen LogP contribution is -2.38. The molecule has 0 heterocycles. The fraction of sp³-hybridized carbons (Fsp3) is 0.833. The molecule has 0 fully saturated rings. The number of amides is 1. The quantitative estimate of drug-likeness (QED) is 0.584. The van der Waals surface area contributed by atoms with E-state index in [-0.39, 0.29) is 18.1 Å².